The van der Waals surface area contributed by atoms with Crippen molar-refractivity contribution in [1.29, 1.82) is 0 Å². The van der Waals surface area contributed by atoms with Crippen LogP contribution in [-0.4, -0.2) is 92.1 Å². The van der Waals surface area contributed by atoms with Crippen molar-refractivity contribution in [1.82, 2.24) is 76.6 Å². The summed E-state index contributed by atoms with van der Waals surface area (Å²) < 4.78 is 13.4. The Morgan fingerprint density at radius 1 is 0.433 bits per heavy atom. The molecule has 22 nitrogen and oxygen atoms in total. The number of hydrogen-bond donors (Lipinski definition) is 2. The predicted octanol–water partition coefficient (Wildman–Crippen LogP) is 7.55. The minimum Gasteiger partial charge on any atom is -0.325 e. The summed E-state index contributed by atoms with van der Waals surface area (Å²) in [5.74, 6) is 0. The van der Waals surface area contributed by atoms with Gasteiger partial charge in [-0.2, -0.15) is 0 Å². The summed E-state index contributed by atoms with van der Waals surface area (Å²) in [6.45, 7) is 6.66. The lowest BCUT2D eigenvalue weighted by atomic mass is 10.1. The number of unbranched alkanes of at least 4 members (excludes halogenated alkanes) is 11. The lowest BCUT2D eigenvalue weighted by Gasteiger charge is -2.24. The molecule has 0 amide bonds. The maximum atomic E-state index is 12.5. The molecule has 480 valence electrons. The molecule has 8 heterocycles. The zero-order valence-corrected chi connectivity index (χ0v) is 53.7. The number of aryl methyl sites for hydroxylation is 8. The highest BCUT2D eigenvalue weighted by Crippen LogP contribution is 2.33. The third kappa shape index (κ3) is 14.7. The molecule has 1 fully saturated rings. The van der Waals surface area contributed by atoms with Gasteiger partial charge < -0.3 is 24.3 Å². The molecule has 1 saturated heterocycles. The van der Waals surface area contributed by atoms with E-state index in [1.54, 1.807) is 40.1 Å². The van der Waals surface area contributed by atoms with Crippen molar-refractivity contribution < 1.29 is 0 Å². The van der Waals surface area contributed by atoms with Crippen LogP contribution in [0.4, 0.5) is 0 Å². The zero-order chi connectivity index (χ0) is 63.3. The topological polar surface area (TPSA) is 226 Å². The van der Waals surface area contributed by atoms with E-state index in [-0.39, 0.29) is 33.7 Å². The Morgan fingerprint density at radius 2 is 0.822 bits per heavy atom. The predicted molar refractivity (Wildman–Crippen MR) is 354 cm³/mol. The second kappa shape index (κ2) is 30.6. The van der Waals surface area contributed by atoms with Crippen molar-refractivity contribution in [3.05, 3.63) is 182 Å². The van der Waals surface area contributed by atoms with Gasteiger partial charge in [0.05, 0.1) is 19.0 Å². The van der Waals surface area contributed by atoms with Crippen molar-refractivity contribution in [2.45, 2.75) is 166 Å². The number of benzene rings is 2. The van der Waals surface area contributed by atoms with Crippen LogP contribution in [-0.2, 0) is 74.8 Å². The largest absolute Gasteiger partial charge is 0.332 e. The van der Waals surface area contributed by atoms with Crippen molar-refractivity contribution in [3.63, 3.8) is 0 Å². The Bertz CT molecular complexity index is 4260. The summed E-state index contributed by atoms with van der Waals surface area (Å²) in [6.07, 6.45) is 32.0. The summed E-state index contributed by atoms with van der Waals surface area (Å²) >= 11 is 0. The quantitative estimate of drug-likeness (QED) is 0.0500. The molecule has 0 saturated carbocycles. The molecule has 0 radical (unpaired) electrons. The van der Waals surface area contributed by atoms with E-state index in [0.29, 0.717) is 51.6 Å². The molecule has 90 heavy (non-hydrogen) atoms. The van der Waals surface area contributed by atoms with Gasteiger partial charge in [0.25, 0.3) is 16.7 Å². The molecule has 2 aromatic carbocycles. The molecule has 9 aromatic rings. The van der Waals surface area contributed by atoms with E-state index in [9.17, 15) is 28.8 Å². The van der Waals surface area contributed by atoms with E-state index in [0.717, 1.165) is 104 Å². The van der Waals surface area contributed by atoms with Gasteiger partial charge >= 0.3 is 17.1 Å². The minimum absolute atomic E-state index is 0.270. The normalized spacial score (nSPS) is 16.2. The molecule has 0 spiro atoms. The molecule has 12 rings (SSSR count). The first kappa shape index (κ1) is 64.9. The van der Waals surface area contributed by atoms with Crippen LogP contribution in [0.25, 0.3) is 33.5 Å². The Hall–Kier alpha value is -8.08. The lowest BCUT2D eigenvalue weighted by molar-refractivity contribution is 0.250. The van der Waals surface area contributed by atoms with E-state index in [1.165, 1.54) is 146 Å². The van der Waals surface area contributed by atoms with E-state index in [4.69, 9.17) is 0 Å². The Balaban J connectivity index is 0.000000149. The monoisotopic (exact) mass is 1230 g/mol. The van der Waals surface area contributed by atoms with E-state index < -0.39 is 0 Å². The molecular formula is C68H92N16O6. The fourth-order valence-electron chi connectivity index (χ4n) is 13.7. The average molecular weight is 1230 g/mol. The van der Waals surface area contributed by atoms with Crippen LogP contribution in [0.1, 0.15) is 162 Å². The van der Waals surface area contributed by atoms with Gasteiger partial charge in [0, 0.05) is 92.4 Å². The van der Waals surface area contributed by atoms with Gasteiger partial charge in [0.15, 0.2) is 33.5 Å². The van der Waals surface area contributed by atoms with E-state index >= 15 is 0 Å². The lowest BCUT2D eigenvalue weighted by Crippen LogP contribution is -2.37. The average Bonchev–Trinajstić information content (AvgIpc) is 1.66. The van der Waals surface area contributed by atoms with Crippen LogP contribution in [0.5, 0.6) is 0 Å². The van der Waals surface area contributed by atoms with Crippen molar-refractivity contribution >= 4 is 33.5 Å². The highest BCUT2D eigenvalue weighted by molar-refractivity contribution is 5.71. The number of aromatic nitrogens is 13. The van der Waals surface area contributed by atoms with Crippen LogP contribution in [0, 0.1) is 0 Å². The van der Waals surface area contributed by atoms with Gasteiger partial charge in [-0.25, -0.2) is 29.3 Å². The Morgan fingerprint density at radius 3 is 1.23 bits per heavy atom. The van der Waals surface area contributed by atoms with Crippen LogP contribution >= 0.6 is 0 Å². The number of fused-ring (bicyclic) bond motifs is 5. The molecule has 1 aliphatic heterocycles. The second-order valence-electron chi connectivity index (χ2n) is 24.9. The molecule has 22 heteroatoms. The standard InChI is InChI=1S/C24H33N5O2.C22H30N6O2.C22H29N5O2/c1-27-22-21(23(30)28(2)24(27)31)29(17-26-22)16-10-6-4-3-5-9-15-25-20-14-13-18-11-7-8-12-19(18)20;1-25-20-19(21(29)26(2)22(25)30)28(16-24-20)13-6-4-3-5-12-27-14-8-10-18(27)17-9-7-11-23-15-17;1-25-20-19(21(28)26(2)22(25)29)27(15-24-20)14-8-4-3-7-13-23-18-12-11-16-9-5-6-10-17(16)18/h7-8,11-12,17,20,25H,3-6,9-10,13-16H2,1-2H3;7,9,11,15-16,18H,3-6,8,10,12-14H2,1-2H3;5-6,9-10,15,18,23H,3-4,7-8,11-14H2,1-2H3. The van der Waals surface area contributed by atoms with Gasteiger partial charge in [-0.1, -0.05) is 106 Å². The number of nitrogens with zero attached hydrogens (tertiary/aromatic N) is 14. The van der Waals surface area contributed by atoms with Gasteiger partial charge in [-0.3, -0.25) is 51.7 Å². The molecule has 3 aliphatic rings. The van der Waals surface area contributed by atoms with Crippen molar-refractivity contribution in [2.24, 2.45) is 42.3 Å². The maximum Gasteiger partial charge on any atom is 0.332 e. The molecular weight excluding hydrogens is 1140 g/mol. The third-order valence-electron chi connectivity index (χ3n) is 18.9. The fourth-order valence-corrected chi connectivity index (χ4v) is 13.7. The Labute approximate surface area is 524 Å². The number of nitrogens with one attached hydrogen (secondary N) is 2. The molecule has 3 atom stereocenters. The van der Waals surface area contributed by atoms with E-state index in [2.05, 4.69) is 90.1 Å². The van der Waals surface area contributed by atoms with Crippen LogP contribution in [0.15, 0.2) is 121 Å². The Kier molecular flexibility index (Phi) is 22.1. The van der Waals surface area contributed by atoms with E-state index in [1.807, 2.05) is 32.2 Å². The molecule has 3 unspecified atom stereocenters. The number of hydrogen-bond acceptors (Lipinski definition) is 13. The molecule has 2 aliphatic carbocycles. The zero-order valence-electron chi connectivity index (χ0n) is 53.7. The summed E-state index contributed by atoms with van der Waals surface area (Å²) in [5.41, 5.74) is 8.35. The highest BCUT2D eigenvalue weighted by atomic mass is 16.2. The van der Waals surface area contributed by atoms with Gasteiger partial charge in [0.2, 0.25) is 0 Å². The van der Waals surface area contributed by atoms with Gasteiger partial charge in [-0.05, 0) is 137 Å². The summed E-state index contributed by atoms with van der Waals surface area (Å²) in [6, 6.07) is 23.3. The molecule has 7 aromatic heterocycles. The SMILES string of the molecule is Cn1c(=O)c2c(ncn2CCCCCCCCNC2CCc3ccccc32)n(C)c1=O.Cn1c(=O)c2c(ncn2CCCCCCN2CCCC2c2cccnc2)n(C)c1=O.Cn1c(=O)c2c(ncn2CCCCCCNC2CCc3ccccc32)n(C)c1=O. The van der Waals surface area contributed by atoms with Crippen molar-refractivity contribution in [2.75, 3.05) is 26.2 Å². The van der Waals surface area contributed by atoms with Crippen LogP contribution in [0.2, 0.25) is 0 Å². The second-order valence-corrected chi connectivity index (χ2v) is 24.9. The molecule has 2 N–H and O–H groups in total. The van der Waals surface area contributed by atoms with Crippen LogP contribution in [0.3, 0.4) is 0 Å². The summed E-state index contributed by atoms with van der Waals surface area (Å²) in [4.78, 5) is 93.2. The third-order valence-corrected chi connectivity index (χ3v) is 18.9. The highest BCUT2D eigenvalue weighted by Gasteiger charge is 2.26. The summed E-state index contributed by atoms with van der Waals surface area (Å²) in [7, 11) is 9.50. The number of likely N-dealkylation sites (tertiary alicyclic amines) is 1. The first-order valence-corrected chi connectivity index (χ1v) is 32.8. The molecule has 0 bridgehead atoms. The fraction of sp³-hybridized carbons (Fsp3) is 0.529. The van der Waals surface area contributed by atoms with Gasteiger partial charge in [0.1, 0.15) is 0 Å². The smallest absolute Gasteiger partial charge is 0.325 e. The number of imidazole rings is 3. The van der Waals surface area contributed by atoms with Crippen LogP contribution < -0.4 is 44.4 Å². The van der Waals surface area contributed by atoms with Gasteiger partial charge in [-0.15, -0.1) is 0 Å². The first-order chi connectivity index (χ1) is 43.7. The minimum atomic E-state index is -0.343. The maximum absolute atomic E-state index is 12.5. The number of rotatable bonds is 26. The number of pyridine rings is 1. The summed E-state index contributed by atoms with van der Waals surface area (Å²) in [5, 5.41) is 7.43. The first-order valence-electron chi connectivity index (χ1n) is 32.8. The van der Waals surface area contributed by atoms with Crippen molar-refractivity contribution in [3.8, 4) is 0 Å².